The number of rotatable bonds is 5. The number of aromatic nitrogens is 1. The monoisotopic (exact) mass is 359 g/mol. The largest absolute Gasteiger partial charge is 0.776 e. The molecule has 1 aromatic heterocycles. The van der Waals surface area contributed by atoms with E-state index in [0.717, 1.165) is 15.7 Å². The van der Waals surface area contributed by atoms with Gasteiger partial charge in [-0.1, -0.05) is 30.3 Å². The second-order valence-corrected chi connectivity index (χ2v) is 8.93. The van der Waals surface area contributed by atoms with Crippen LogP contribution in [0.25, 0.3) is 11.1 Å². The zero-order valence-electron chi connectivity index (χ0n) is 11.8. The average molecular weight is 359 g/mol. The number of benzene rings is 1. The Hall–Kier alpha value is -1.37. The maximum Gasteiger partial charge on any atom is 0.372 e. The third-order valence-corrected chi connectivity index (χ3v) is 6.97. The summed E-state index contributed by atoms with van der Waals surface area (Å²) in [5.41, 5.74) is 1.68. The first-order valence-electron chi connectivity index (χ1n) is 6.41. The van der Waals surface area contributed by atoms with E-state index in [9.17, 15) is 19.1 Å². The zero-order chi connectivity index (χ0) is 17.3. The van der Waals surface area contributed by atoms with Gasteiger partial charge in [0.05, 0.1) is 0 Å². The molecule has 0 aliphatic heterocycles. The van der Waals surface area contributed by atoms with Gasteiger partial charge < -0.3 is 29.2 Å². The average Bonchev–Trinajstić information content (AvgIpc) is 2.46. The van der Waals surface area contributed by atoms with Crippen LogP contribution in [0.3, 0.4) is 0 Å². The van der Waals surface area contributed by atoms with Crippen LogP contribution in [0.2, 0.25) is 0 Å². The van der Waals surface area contributed by atoms with Crippen molar-refractivity contribution in [1.29, 1.82) is 0 Å². The van der Waals surface area contributed by atoms with E-state index < -0.39 is 26.8 Å². The molecule has 10 heteroatoms. The van der Waals surface area contributed by atoms with Crippen LogP contribution >= 0.6 is 15.2 Å². The van der Waals surface area contributed by atoms with Gasteiger partial charge in [-0.2, -0.15) is 0 Å². The van der Waals surface area contributed by atoms with Crippen LogP contribution in [0, 0.1) is 0 Å². The Kier molecular flexibility index (Phi) is 4.89. The lowest BCUT2D eigenvalue weighted by atomic mass is 10.1. The van der Waals surface area contributed by atoms with Crippen LogP contribution in [0.4, 0.5) is 0 Å². The molecule has 2 unspecified atom stereocenters. The van der Waals surface area contributed by atoms with Crippen molar-refractivity contribution in [2.24, 2.45) is 0 Å². The van der Waals surface area contributed by atoms with E-state index in [1.54, 1.807) is 12.1 Å². The molecule has 2 rings (SSSR count). The number of hydrogen-bond donors (Lipinski definition) is 4. The van der Waals surface area contributed by atoms with Crippen molar-refractivity contribution in [3.63, 3.8) is 0 Å². The molecule has 2 atom stereocenters. The highest BCUT2D eigenvalue weighted by molar-refractivity contribution is 7.71. The predicted octanol–water partition coefficient (Wildman–Crippen LogP) is 0.0106. The van der Waals surface area contributed by atoms with Crippen molar-refractivity contribution >= 4 is 15.2 Å². The van der Waals surface area contributed by atoms with Gasteiger partial charge in [-0.05, 0) is 11.1 Å². The summed E-state index contributed by atoms with van der Waals surface area (Å²) < 4.78 is 23.6. The van der Waals surface area contributed by atoms with Crippen molar-refractivity contribution in [2.75, 3.05) is 0 Å². The summed E-state index contributed by atoms with van der Waals surface area (Å²) in [5, 5.41) is 6.23. The van der Waals surface area contributed by atoms with Gasteiger partial charge >= 0.3 is 7.60 Å². The van der Waals surface area contributed by atoms with Crippen LogP contribution in [-0.2, 0) is 15.7 Å². The summed E-state index contributed by atoms with van der Waals surface area (Å²) in [6, 6.07) is 12.4. The first kappa shape index (κ1) is 18.0. The summed E-state index contributed by atoms with van der Waals surface area (Å²) in [5.74, 6) is 0. The molecule has 1 aromatic carbocycles. The topological polar surface area (TPSA) is 142 Å². The molecule has 23 heavy (non-hydrogen) atoms. The molecule has 0 bridgehead atoms. The van der Waals surface area contributed by atoms with Crippen LogP contribution in [-0.4, -0.2) is 24.9 Å². The quantitative estimate of drug-likeness (QED) is 0.435. The standard InChI is InChI=1S/C13H15NO7P2/c15-13(22(16,17)18,23(19,20)21)10-14-8-6-12(7-9-14)11-4-2-1-3-5-11/h1-9,15H,10H2,(H3-,16,17,18,19,20,21). The third-order valence-electron chi connectivity index (χ3n) is 3.31. The number of pyridine rings is 1. The van der Waals surface area contributed by atoms with E-state index in [-0.39, 0.29) is 0 Å². The normalized spacial score (nSPS) is 17.3. The van der Waals surface area contributed by atoms with Gasteiger partial charge in [-0.15, -0.1) is 0 Å². The molecule has 0 amide bonds. The van der Waals surface area contributed by atoms with Crippen molar-refractivity contribution in [2.45, 2.75) is 11.6 Å². The number of aliphatic hydroxyl groups is 1. The van der Waals surface area contributed by atoms with Gasteiger partial charge in [0.15, 0.2) is 26.5 Å². The van der Waals surface area contributed by atoms with Crippen molar-refractivity contribution in [3.05, 3.63) is 54.9 Å². The van der Waals surface area contributed by atoms with E-state index in [1.165, 1.54) is 12.4 Å². The van der Waals surface area contributed by atoms with E-state index in [2.05, 4.69) is 0 Å². The van der Waals surface area contributed by atoms with Crippen molar-refractivity contribution in [1.82, 2.24) is 0 Å². The Morgan fingerprint density at radius 2 is 1.43 bits per heavy atom. The molecule has 0 saturated carbocycles. The predicted molar refractivity (Wildman–Crippen MR) is 78.9 cm³/mol. The lowest BCUT2D eigenvalue weighted by Crippen LogP contribution is -2.48. The van der Waals surface area contributed by atoms with Crippen LogP contribution in [0.1, 0.15) is 0 Å². The van der Waals surface area contributed by atoms with Gasteiger partial charge in [0.25, 0.3) is 5.08 Å². The molecule has 124 valence electrons. The van der Waals surface area contributed by atoms with E-state index >= 15 is 0 Å². The van der Waals surface area contributed by atoms with Crippen molar-refractivity contribution < 1.29 is 38.4 Å². The van der Waals surface area contributed by atoms with Gasteiger partial charge in [-0.25, -0.2) is 4.57 Å². The SMILES string of the molecule is O=P([O-])(O)C(O)(C[n+]1ccc(-c2ccccc2)cc1)P(=O)(O)O. The van der Waals surface area contributed by atoms with Crippen LogP contribution in [0.5, 0.6) is 0 Å². The van der Waals surface area contributed by atoms with Crippen molar-refractivity contribution in [3.8, 4) is 11.1 Å². The highest BCUT2D eigenvalue weighted by atomic mass is 31.2. The Labute approximate surface area is 132 Å². The Morgan fingerprint density at radius 1 is 0.957 bits per heavy atom. The third kappa shape index (κ3) is 3.76. The van der Waals surface area contributed by atoms with Gasteiger partial charge in [-0.3, -0.25) is 4.57 Å². The van der Waals surface area contributed by atoms with Gasteiger partial charge in [0.2, 0.25) is 0 Å². The smallest absolute Gasteiger partial charge is 0.372 e. The summed E-state index contributed by atoms with van der Waals surface area (Å²) >= 11 is 0. The molecule has 0 saturated heterocycles. The molecule has 2 aromatic rings. The molecule has 0 aliphatic rings. The Bertz CT molecular complexity index is 745. The summed E-state index contributed by atoms with van der Waals surface area (Å²) in [7, 11) is -11.3. The van der Waals surface area contributed by atoms with Gasteiger partial charge in [0, 0.05) is 12.1 Å². The molecule has 0 radical (unpaired) electrons. The molecule has 0 fully saturated rings. The lowest BCUT2D eigenvalue weighted by Gasteiger charge is -2.33. The molecule has 1 heterocycles. The first-order chi connectivity index (χ1) is 10.5. The Morgan fingerprint density at radius 3 is 1.87 bits per heavy atom. The van der Waals surface area contributed by atoms with Crippen LogP contribution < -0.4 is 9.46 Å². The minimum atomic E-state index is -5.72. The molecule has 8 nitrogen and oxygen atoms in total. The maximum atomic E-state index is 11.3. The fourth-order valence-corrected chi connectivity index (χ4v) is 3.98. The molecular formula is C13H15NO7P2. The highest BCUT2D eigenvalue weighted by Crippen LogP contribution is 2.65. The summed E-state index contributed by atoms with van der Waals surface area (Å²) in [6.45, 7) is -1.01. The first-order valence-corrected chi connectivity index (χ1v) is 9.60. The van der Waals surface area contributed by atoms with E-state index in [0.29, 0.717) is 0 Å². The minimum absolute atomic E-state index is 0.788. The highest BCUT2D eigenvalue weighted by Gasteiger charge is 2.57. The minimum Gasteiger partial charge on any atom is -0.776 e. The fraction of sp³-hybridized carbons (Fsp3) is 0.154. The lowest BCUT2D eigenvalue weighted by molar-refractivity contribution is -0.703. The fourth-order valence-electron chi connectivity index (χ4n) is 1.98. The molecule has 0 spiro atoms. The van der Waals surface area contributed by atoms with Gasteiger partial charge in [0.1, 0.15) is 0 Å². The Balaban J connectivity index is 2.33. The number of hydrogen-bond acceptors (Lipinski definition) is 4. The molecule has 0 aliphatic carbocycles. The summed E-state index contributed by atoms with van der Waals surface area (Å²) in [4.78, 5) is 38.4. The summed E-state index contributed by atoms with van der Waals surface area (Å²) in [6.07, 6.45) is 2.69. The zero-order valence-corrected chi connectivity index (χ0v) is 13.5. The van der Waals surface area contributed by atoms with Crippen LogP contribution in [0.15, 0.2) is 54.9 Å². The second-order valence-electron chi connectivity index (χ2n) is 4.96. The second kappa shape index (κ2) is 6.26. The maximum absolute atomic E-state index is 11.3. The molecule has 4 N–H and O–H groups in total. The van der Waals surface area contributed by atoms with E-state index in [1.807, 2.05) is 30.3 Å². The number of nitrogens with zero attached hydrogens (tertiary/aromatic N) is 1. The van der Waals surface area contributed by atoms with E-state index in [4.69, 9.17) is 14.7 Å². The molecular weight excluding hydrogens is 344 g/mol.